The van der Waals surface area contributed by atoms with Crippen LogP contribution in [0.1, 0.15) is 11.1 Å². The maximum Gasteiger partial charge on any atom is 0.115 e. The van der Waals surface area contributed by atoms with Crippen molar-refractivity contribution in [3.8, 4) is 0 Å². The molecule has 1 aromatic carbocycles. The minimum Gasteiger partial charge on any atom is -0.384 e. The second-order valence-electron chi connectivity index (χ2n) is 2.70. The fourth-order valence-corrected chi connectivity index (χ4v) is 0.960. The van der Waals surface area contributed by atoms with Gasteiger partial charge in [0.05, 0.1) is 0 Å². The molecule has 12 heavy (non-hydrogen) atoms. The van der Waals surface area contributed by atoms with E-state index in [0.717, 1.165) is 5.56 Å². The molecular weight excluding hydrogens is 148 g/mol. The summed E-state index contributed by atoms with van der Waals surface area (Å²) in [4.78, 5) is 0. The first kappa shape index (κ1) is 8.53. The Morgan fingerprint density at radius 1 is 1.50 bits per heavy atom. The van der Waals surface area contributed by atoms with Gasteiger partial charge in [0.15, 0.2) is 0 Å². The van der Waals surface area contributed by atoms with Gasteiger partial charge in [-0.15, -0.1) is 0 Å². The molecule has 0 fully saturated rings. The standard InChI is InChI=1S/C10H12N2/c1-8-3-2-4-9(7-8)5-6-10(11)12/h2-7H,1H3,(H3,11,12)/b6-5+. The number of hydrogen-bond acceptors (Lipinski definition) is 1. The summed E-state index contributed by atoms with van der Waals surface area (Å²) in [6.45, 7) is 2.03. The van der Waals surface area contributed by atoms with E-state index in [1.807, 2.05) is 37.3 Å². The number of nitrogens with two attached hydrogens (primary N) is 1. The molecule has 2 nitrogen and oxygen atoms in total. The quantitative estimate of drug-likeness (QED) is 0.504. The monoisotopic (exact) mass is 160 g/mol. The molecule has 1 rings (SSSR count). The molecule has 62 valence electrons. The van der Waals surface area contributed by atoms with Crippen LogP contribution < -0.4 is 5.73 Å². The van der Waals surface area contributed by atoms with Crippen molar-refractivity contribution in [1.29, 1.82) is 5.41 Å². The molecule has 0 aliphatic carbocycles. The van der Waals surface area contributed by atoms with Gasteiger partial charge in [0.2, 0.25) is 0 Å². The largest absolute Gasteiger partial charge is 0.384 e. The number of amidine groups is 1. The summed E-state index contributed by atoms with van der Waals surface area (Å²) in [5.74, 6) is 0.0801. The zero-order chi connectivity index (χ0) is 8.97. The lowest BCUT2D eigenvalue weighted by Gasteiger charge is -1.94. The van der Waals surface area contributed by atoms with E-state index in [9.17, 15) is 0 Å². The molecule has 0 aliphatic heterocycles. The predicted molar refractivity (Wildman–Crippen MR) is 52.1 cm³/mol. The Labute approximate surface area is 72.2 Å². The van der Waals surface area contributed by atoms with Crippen LogP contribution in [-0.4, -0.2) is 5.84 Å². The van der Waals surface area contributed by atoms with E-state index < -0.39 is 0 Å². The maximum atomic E-state index is 6.99. The third-order valence-corrected chi connectivity index (χ3v) is 1.50. The smallest absolute Gasteiger partial charge is 0.115 e. The van der Waals surface area contributed by atoms with Gasteiger partial charge in [-0.2, -0.15) is 0 Å². The van der Waals surface area contributed by atoms with Crippen molar-refractivity contribution >= 4 is 11.9 Å². The first-order valence-electron chi connectivity index (χ1n) is 3.77. The van der Waals surface area contributed by atoms with Gasteiger partial charge in [-0.05, 0) is 18.6 Å². The van der Waals surface area contributed by atoms with Crippen LogP contribution in [0.2, 0.25) is 0 Å². The molecule has 0 unspecified atom stereocenters. The Morgan fingerprint density at radius 2 is 2.25 bits per heavy atom. The summed E-state index contributed by atoms with van der Waals surface area (Å²) in [7, 11) is 0. The normalized spacial score (nSPS) is 10.4. The van der Waals surface area contributed by atoms with Crippen molar-refractivity contribution in [3.63, 3.8) is 0 Å². The van der Waals surface area contributed by atoms with Gasteiger partial charge in [-0.3, -0.25) is 5.41 Å². The molecule has 2 heteroatoms. The summed E-state index contributed by atoms with van der Waals surface area (Å²) in [5, 5.41) is 6.99. The SMILES string of the molecule is Cc1cccc(/C=C/C(=N)N)c1. The molecule has 0 radical (unpaired) electrons. The molecule has 0 atom stereocenters. The third-order valence-electron chi connectivity index (χ3n) is 1.50. The number of rotatable bonds is 2. The molecule has 0 amide bonds. The average Bonchev–Trinajstić information content (AvgIpc) is 2.01. The van der Waals surface area contributed by atoms with Crippen molar-refractivity contribution in [2.75, 3.05) is 0 Å². The van der Waals surface area contributed by atoms with Gasteiger partial charge in [0.25, 0.3) is 0 Å². The van der Waals surface area contributed by atoms with Crippen LogP contribution in [0.4, 0.5) is 0 Å². The Balaban J connectivity index is 2.83. The van der Waals surface area contributed by atoms with Crippen LogP contribution in [0.3, 0.4) is 0 Å². The maximum absolute atomic E-state index is 6.99. The van der Waals surface area contributed by atoms with Gasteiger partial charge in [0, 0.05) is 0 Å². The summed E-state index contributed by atoms with van der Waals surface area (Å²) >= 11 is 0. The van der Waals surface area contributed by atoms with Crippen molar-refractivity contribution in [2.45, 2.75) is 6.92 Å². The lowest BCUT2D eigenvalue weighted by atomic mass is 10.1. The van der Waals surface area contributed by atoms with Crippen LogP contribution in [0.5, 0.6) is 0 Å². The van der Waals surface area contributed by atoms with E-state index in [1.165, 1.54) is 5.56 Å². The van der Waals surface area contributed by atoms with E-state index in [-0.39, 0.29) is 5.84 Å². The molecule has 0 saturated carbocycles. The van der Waals surface area contributed by atoms with Gasteiger partial charge in [-0.25, -0.2) is 0 Å². The molecule has 0 heterocycles. The summed E-state index contributed by atoms with van der Waals surface area (Å²) in [6.07, 6.45) is 3.41. The number of hydrogen-bond donors (Lipinski definition) is 2. The Bertz CT molecular complexity index is 313. The van der Waals surface area contributed by atoms with Crippen LogP contribution in [0.15, 0.2) is 30.3 Å². The number of nitrogens with one attached hydrogen (secondary N) is 1. The first-order chi connectivity index (χ1) is 5.68. The Morgan fingerprint density at radius 3 is 2.83 bits per heavy atom. The molecule has 0 spiro atoms. The molecule has 0 saturated heterocycles. The highest BCUT2D eigenvalue weighted by Crippen LogP contribution is 2.05. The van der Waals surface area contributed by atoms with Crippen molar-refractivity contribution in [1.82, 2.24) is 0 Å². The summed E-state index contributed by atoms with van der Waals surface area (Å²) in [6, 6.07) is 8.03. The van der Waals surface area contributed by atoms with E-state index in [2.05, 4.69) is 0 Å². The van der Waals surface area contributed by atoms with E-state index in [0.29, 0.717) is 0 Å². The van der Waals surface area contributed by atoms with Crippen LogP contribution in [0.25, 0.3) is 6.08 Å². The molecular formula is C10H12N2. The first-order valence-corrected chi connectivity index (χ1v) is 3.77. The zero-order valence-electron chi connectivity index (χ0n) is 7.04. The number of benzene rings is 1. The fourth-order valence-electron chi connectivity index (χ4n) is 0.960. The third kappa shape index (κ3) is 2.58. The van der Waals surface area contributed by atoms with Crippen LogP contribution >= 0.6 is 0 Å². The highest BCUT2D eigenvalue weighted by molar-refractivity contribution is 5.92. The number of aryl methyl sites for hydroxylation is 1. The van der Waals surface area contributed by atoms with E-state index in [1.54, 1.807) is 6.08 Å². The average molecular weight is 160 g/mol. The predicted octanol–water partition coefficient (Wildman–Crippen LogP) is 1.94. The van der Waals surface area contributed by atoms with Crippen molar-refractivity contribution in [3.05, 3.63) is 41.5 Å². The minimum atomic E-state index is 0.0801. The Kier molecular flexibility index (Phi) is 2.64. The Hall–Kier alpha value is -1.57. The topological polar surface area (TPSA) is 49.9 Å². The van der Waals surface area contributed by atoms with Crippen LogP contribution in [-0.2, 0) is 0 Å². The van der Waals surface area contributed by atoms with Crippen molar-refractivity contribution < 1.29 is 0 Å². The fraction of sp³-hybridized carbons (Fsp3) is 0.100. The lowest BCUT2D eigenvalue weighted by molar-refractivity contribution is 1.45. The van der Waals surface area contributed by atoms with E-state index in [4.69, 9.17) is 11.1 Å². The highest BCUT2D eigenvalue weighted by atomic mass is 14.7. The van der Waals surface area contributed by atoms with Gasteiger partial charge >= 0.3 is 0 Å². The zero-order valence-corrected chi connectivity index (χ0v) is 7.04. The highest BCUT2D eigenvalue weighted by Gasteiger charge is 1.86. The van der Waals surface area contributed by atoms with Crippen LogP contribution in [0, 0.1) is 12.3 Å². The minimum absolute atomic E-state index is 0.0801. The lowest BCUT2D eigenvalue weighted by Crippen LogP contribution is -2.03. The molecule has 3 N–H and O–H groups in total. The van der Waals surface area contributed by atoms with Crippen molar-refractivity contribution in [2.24, 2.45) is 5.73 Å². The van der Waals surface area contributed by atoms with Gasteiger partial charge in [0.1, 0.15) is 5.84 Å². The van der Waals surface area contributed by atoms with Gasteiger partial charge < -0.3 is 5.73 Å². The summed E-state index contributed by atoms with van der Waals surface area (Å²) < 4.78 is 0. The van der Waals surface area contributed by atoms with Gasteiger partial charge in [-0.1, -0.05) is 35.9 Å². The van der Waals surface area contributed by atoms with E-state index >= 15 is 0 Å². The summed E-state index contributed by atoms with van der Waals surface area (Å²) in [5.41, 5.74) is 7.46. The second kappa shape index (κ2) is 3.72. The molecule has 0 aliphatic rings. The second-order valence-corrected chi connectivity index (χ2v) is 2.70. The molecule has 0 bridgehead atoms. The molecule has 0 aromatic heterocycles. The molecule has 1 aromatic rings.